The molecule has 0 aliphatic heterocycles. The average molecular weight is 745 g/mol. The van der Waals surface area contributed by atoms with Gasteiger partial charge in [0.15, 0.2) is 0 Å². The van der Waals surface area contributed by atoms with Gasteiger partial charge in [0.2, 0.25) is 0 Å². The lowest BCUT2D eigenvalue weighted by atomic mass is 9.89. The lowest BCUT2D eigenvalue weighted by molar-refractivity contribution is 1.28. The Morgan fingerprint density at radius 1 is 0.298 bits per heavy atom. The maximum atomic E-state index is 9.83. The standard InChI is InChI=1S/C56H39N/c1-3-13-40(14-4-1)47-20-11-21-48(39-47)41-25-32-49(33-26-41)57(50-34-27-45(28-35-50)53-24-12-19-42-17-7-9-22-52(42)53)51-36-29-46(30-37-51)56-54-23-10-8-18-44(54)31-38-55(56)43-15-5-2-6-16-43/h1-39H/i7D,9D,12D,17D,19D,22D,24D,25D,26D,27D,28D,29D,30D,32D,33D,34D,35D,36D,37D. The molecule has 0 saturated heterocycles. The first-order valence-corrected chi connectivity index (χ1v) is 18.1. The molecule has 0 amide bonds. The Hall–Kier alpha value is -7.48. The number of rotatable bonds is 8. The maximum absolute atomic E-state index is 9.83. The summed E-state index contributed by atoms with van der Waals surface area (Å²) in [4.78, 5) is 0.663. The minimum atomic E-state index is -1.04. The molecule has 10 aromatic carbocycles. The van der Waals surface area contributed by atoms with Crippen LogP contribution in [0.5, 0.6) is 0 Å². The molecule has 268 valence electrons. The molecule has 0 bridgehead atoms. The van der Waals surface area contributed by atoms with Crippen molar-refractivity contribution in [1.82, 2.24) is 0 Å². The van der Waals surface area contributed by atoms with Gasteiger partial charge in [-0.1, -0.05) is 194 Å². The molecule has 57 heavy (non-hydrogen) atoms. The first kappa shape index (κ1) is 19.4. The third-order valence-electron chi connectivity index (χ3n) is 9.59. The predicted molar refractivity (Wildman–Crippen MR) is 243 cm³/mol. The normalized spacial score (nSPS) is 15.8. The molecular formula is C56H39N. The monoisotopic (exact) mass is 744 g/mol. The lowest BCUT2D eigenvalue weighted by Gasteiger charge is -2.26. The van der Waals surface area contributed by atoms with Crippen LogP contribution in [0.15, 0.2) is 236 Å². The van der Waals surface area contributed by atoms with Crippen LogP contribution in [0.2, 0.25) is 0 Å². The van der Waals surface area contributed by atoms with Gasteiger partial charge in [-0.2, -0.15) is 0 Å². The molecule has 0 fully saturated rings. The molecule has 0 spiro atoms. The van der Waals surface area contributed by atoms with E-state index in [4.69, 9.17) is 9.60 Å². The summed E-state index contributed by atoms with van der Waals surface area (Å²) in [7, 11) is 0. The third-order valence-corrected chi connectivity index (χ3v) is 9.59. The fourth-order valence-corrected chi connectivity index (χ4v) is 6.87. The minimum Gasteiger partial charge on any atom is -0.311 e. The highest BCUT2D eigenvalue weighted by Gasteiger charge is 2.17. The fourth-order valence-electron chi connectivity index (χ4n) is 6.87. The Balaban J connectivity index is 1.32. The molecular weight excluding hydrogens is 687 g/mol. The highest BCUT2D eigenvalue weighted by Crippen LogP contribution is 2.42. The van der Waals surface area contributed by atoms with Crippen molar-refractivity contribution in [3.05, 3.63) is 236 Å². The molecule has 0 aromatic heterocycles. The molecule has 0 saturated carbocycles. The van der Waals surface area contributed by atoms with E-state index < -0.39 is 154 Å². The van der Waals surface area contributed by atoms with Crippen LogP contribution in [0.3, 0.4) is 0 Å². The SMILES string of the molecule is [2H]c1c([2H])c(N(c2c([2H])c([2H])c(-c3c(-c4ccccc4)ccc4ccccc34)c([2H])c2[2H])c2c([2H])c([2H])c(-c3c([2H])c([2H])c([2H])c4c([2H])c([2H])c([2H])c([2H])c34)c([2H])c2[2H])c([2H])c([2H])c1-c1cccc(-c2ccccc2)c1. The highest BCUT2D eigenvalue weighted by atomic mass is 15.1. The largest absolute Gasteiger partial charge is 0.311 e. The molecule has 0 aliphatic carbocycles. The molecule has 0 aliphatic rings. The summed E-state index contributed by atoms with van der Waals surface area (Å²) in [6, 6.07) is 20.3. The van der Waals surface area contributed by atoms with Crippen LogP contribution in [0, 0.1) is 0 Å². The van der Waals surface area contributed by atoms with Crippen molar-refractivity contribution >= 4 is 38.6 Å². The quantitative estimate of drug-likeness (QED) is 0.150. The number of benzene rings is 10. The Morgan fingerprint density at radius 2 is 0.842 bits per heavy atom. The molecule has 0 heterocycles. The second-order valence-electron chi connectivity index (χ2n) is 13.0. The summed E-state index contributed by atoms with van der Waals surface area (Å²) in [5, 5.41) is 0.215. The first-order chi connectivity index (χ1) is 36.2. The van der Waals surface area contributed by atoms with Gasteiger partial charge in [0.05, 0.1) is 26.0 Å². The van der Waals surface area contributed by atoms with Crippen LogP contribution in [0.4, 0.5) is 17.1 Å². The first-order valence-electron chi connectivity index (χ1n) is 27.6. The van der Waals surface area contributed by atoms with Gasteiger partial charge in [-0.3, -0.25) is 0 Å². The van der Waals surface area contributed by atoms with Crippen LogP contribution >= 0.6 is 0 Å². The van der Waals surface area contributed by atoms with E-state index >= 15 is 0 Å². The lowest BCUT2D eigenvalue weighted by Crippen LogP contribution is -2.09. The van der Waals surface area contributed by atoms with Crippen molar-refractivity contribution < 1.29 is 26.0 Å². The van der Waals surface area contributed by atoms with Crippen molar-refractivity contribution in [2.75, 3.05) is 4.90 Å². The van der Waals surface area contributed by atoms with Gasteiger partial charge < -0.3 is 4.90 Å². The van der Waals surface area contributed by atoms with Crippen LogP contribution in [0.25, 0.3) is 77.2 Å². The zero-order chi connectivity index (χ0) is 54.5. The summed E-state index contributed by atoms with van der Waals surface area (Å²) in [5.74, 6) is 0. The molecule has 0 N–H and O–H groups in total. The number of nitrogens with zero attached hydrogens (tertiary/aromatic N) is 1. The smallest absolute Gasteiger partial charge is 0.0645 e. The van der Waals surface area contributed by atoms with E-state index in [1.54, 1.807) is 60.7 Å². The van der Waals surface area contributed by atoms with Crippen molar-refractivity contribution in [2.24, 2.45) is 0 Å². The summed E-state index contributed by atoms with van der Waals surface area (Å²) < 4.78 is 177. The summed E-state index contributed by atoms with van der Waals surface area (Å²) in [6.07, 6.45) is 0. The molecule has 0 unspecified atom stereocenters. The van der Waals surface area contributed by atoms with Crippen LogP contribution in [-0.2, 0) is 0 Å². The van der Waals surface area contributed by atoms with Crippen molar-refractivity contribution in [3.8, 4) is 55.6 Å². The van der Waals surface area contributed by atoms with Gasteiger partial charge in [-0.05, 0) is 120 Å². The topological polar surface area (TPSA) is 3.24 Å². The van der Waals surface area contributed by atoms with E-state index in [1.165, 1.54) is 0 Å². The predicted octanol–water partition coefficient (Wildman–Crippen LogP) is 15.8. The van der Waals surface area contributed by atoms with Crippen LogP contribution in [0.1, 0.15) is 26.0 Å². The Morgan fingerprint density at radius 3 is 1.54 bits per heavy atom. The number of anilines is 3. The maximum Gasteiger partial charge on any atom is 0.0645 e. The number of hydrogen-bond donors (Lipinski definition) is 0. The van der Waals surface area contributed by atoms with E-state index in [2.05, 4.69) is 0 Å². The van der Waals surface area contributed by atoms with Crippen LogP contribution in [-0.4, -0.2) is 0 Å². The van der Waals surface area contributed by atoms with E-state index in [0.29, 0.717) is 37.9 Å². The van der Waals surface area contributed by atoms with Crippen molar-refractivity contribution in [3.63, 3.8) is 0 Å². The molecule has 0 radical (unpaired) electrons. The van der Waals surface area contributed by atoms with Gasteiger partial charge in [0, 0.05) is 17.1 Å². The zero-order valence-electron chi connectivity index (χ0n) is 49.0. The van der Waals surface area contributed by atoms with E-state index in [-0.39, 0.29) is 16.7 Å². The number of hydrogen-bond acceptors (Lipinski definition) is 1. The summed E-state index contributed by atoms with van der Waals surface area (Å²) in [6.45, 7) is 0. The van der Waals surface area contributed by atoms with Crippen LogP contribution < -0.4 is 4.90 Å². The Kier molecular flexibility index (Phi) is 5.10. The highest BCUT2D eigenvalue weighted by molar-refractivity contribution is 6.04. The van der Waals surface area contributed by atoms with E-state index in [1.807, 2.05) is 60.7 Å². The zero-order valence-corrected chi connectivity index (χ0v) is 30.0. The molecule has 0 atom stereocenters. The average Bonchev–Trinajstić information content (AvgIpc) is 3.54. The van der Waals surface area contributed by atoms with Gasteiger partial charge in [-0.15, -0.1) is 0 Å². The Bertz CT molecular complexity index is 4010. The fraction of sp³-hybridized carbons (Fsp3) is 0. The Labute approximate surface area is 361 Å². The second-order valence-corrected chi connectivity index (χ2v) is 13.0. The van der Waals surface area contributed by atoms with Gasteiger partial charge in [-0.25, -0.2) is 0 Å². The second kappa shape index (κ2) is 15.0. The molecule has 10 aromatic rings. The van der Waals surface area contributed by atoms with Gasteiger partial charge >= 0.3 is 0 Å². The van der Waals surface area contributed by atoms with Gasteiger partial charge in [0.25, 0.3) is 0 Å². The minimum absolute atomic E-state index is 0.166. The van der Waals surface area contributed by atoms with Gasteiger partial charge in [0.1, 0.15) is 0 Å². The number of fused-ring (bicyclic) bond motifs is 2. The molecule has 1 heteroatoms. The summed E-state index contributed by atoms with van der Waals surface area (Å²) >= 11 is 0. The summed E-state index contributed by atoms with van der Waals surface area (Å²) in [5.41, 5.74) is -0.836. The van der Waals surface area contributed by atoms with E-state index in [0.717, 1.165) is 5.56 Å². The molecule has 10 rings (SSSR count). The third kappa shape index (κ3) is 6.66. The van der Waals surface area contributed by atoms with Crippen molar-refractivity contribution in [1.29, 1.82) is 0 Å². The van der Waals surface area contributed by atoms with Crippen molar-refractivity contribution in [2.45, 2.75) is 0 Å². The molecule has 1 nitrogen and oxygen atoms in total. The van der Waals surface area contributed by atoms with E-state index in [9.17, 15) is 16.4 Å².